The van der Waals surface area contributed by atoms with Gasteiger partial charge in [0.25, 0.3) is 0 Å². The number of rotatable bonds is 4. The van der Waals surface area contributed by atoms with Gasteiger partial charge in [0.15, 0.2) is 0 Å². The lowest BCUT2D eigenvalue weighted by molar-refractivity contribution is 0.0685. The van der Waals surface area contributed by atoms with Crippen molar-refractivity contribution in [1.29, 1.82) is 0 Å². The molecule has 0 aromatic heterocycles. The molecule has 8 nitrogen and oxygen atoms in total. The Bertz CT molecular complexity index is 1640. The molecule has 5 aromatic carbocycles. The van der Waals surface area contributed by atoms with Gasteiger partial charge in [0.05, 0.1) is 16.7 Å². The van der Waals surface area contributed by atoms with Gasteiger partial charge in [-0.25, -0.2) is 14.4 Å². The number of hydrogen-bond acceptors (Lipinski definition) is 5. The lowest BCUT2D eigenvalue weighted by Gasteiger charge is -2.19. The highest BCUT2D eigenvalue weighted by atomic mass is 32.1. The molecule has 0 spiro atoms. The SMILES string of the molecule is O=C(O)c1ccc2c3ccc(C(=O)O)c4c(C(=O)N[S-])ccc(c5ccc(C(=O)O)c1c25)c43. The summed E-state index contributed by atoms with van der Waals surface area (Å²) in [5, 5.41) is 32.6. The maximum atomic E-state index is 12.5. The highest BCUT2D eigenvalue weighted by molar-refractivity contribution is 7.57. The Kier molecular flexibility index (Phi) is 4.40. The van der Waals surface area contributed by atoms with Gasteiger partial charge in [-0.15, -0.1) is 0 Å². The van der Waals surface area contributed by atoms with Crippen LogP contribution in [0, 0.1) is 0 Å². The molecule has 0 aliphatic carbocycles. The molecule has 162 valence electrons. The van der Waals surface area contributed by atoms with Crippen LogP contribution < -0.4 is 4.72 Å². The van der Waals surface area contributed by atoms with Crippen molar-refractivity contribution < 1.29 is 34.5 Å². The molecule has 1 amide bonds. The second kappa shape index (κ2) is 7.07. The van der Waals surface area contributed by atoms with E-state index in [2.05, 4.69) is 17.5 Å². The Hall–Kier alpha value is -4.37. The molecule has 33 heavy (non-hydrogen) atoms. The summed E-state index contributed by atoms with van der Waals surface area (Å²) in [6.07, 6.45) is 0. The fourth-order valence-electron chi connectivity index (χ4n) is 4.67. The lowest BCUT2D eigenvalue weighted by atomic mass is 9.84. The minimum atomic E-state index is -1.27. The van der Waals surface area contributed by atoms with Crippen LogP contribution in [-0.4, -0.2) is 39.1 Å². The normalized spacial score (nSPS) is 11.4. The number of carboxylic acid groups (broad SMARTS) is 3. The molecule has 0 aliphatic rings. The van der Waals surface area contributed by atoms with Gasteiger partial charge < -0.3 is 32.9 Å². The molecule has 4 N–H and O–H groups in total. The number of carboxylic acids is 3. The summed E-state index contributed by atoms with van der Waals surface area (Å²) in [6.45, 7) is 0. The highest BCUT2D eigenvalue weighted by Crippen LogP contribution is 2.43. The molecule has 0 fully saturated rings. The molecule has 0 saturated heterocycles. The van der Waals surface area contributed by atoms with Gasteiger partial charge >= 0.3 is 17.9 Å². The van der Waals surface area contributed by atoms with Gasteiger partial charge in [-0.1, -0.05) is 24.3 Å². The number of amides is 1. The average Bonchev–Trinajstić information content (AvgIpc) is 2.80. The zero-order valence-electron chi connectivity index (χ0n) is 16.5. The Morgan fingerprint density at radius 3 is 1.12 bits per heavy atom. The summed E-state index contributed by atoms with van der Waals surface area (Å²) in [6, 6.07) is 11.8. The van der Waals surface area contributed by atoms with Crippen LogP contribution in [-0.2, 0) is 12.8 Å². The topological polar surface area (TPSA) is 141 Å². The Balaban J connectivity index is 2.14. The first-order chi connectivity index (χ1) is 15.8. The van der Waals surface area contributed by atoms with Crippen LogP contribution in [0.25, 0.3) is 43.1 Å². The maximum Gasteiger partial charge on any atom is 0.336 e. The zero-order valence-corrected chi connectivity index (χ0v) is 17.3. The van der Waals surface area contributed by atoms with Crippen molar-refractivity contribution >= 4 is 79.7 Å². The predicted octanol–water partition coefficient (Wildman–Crippen LogP) is 4.02. The molecule has 5 rings (SSSR count). The quantitative estimate of drug-likeness (QED) is 0.180. The molecule has 9 heteroatoms. The van der Waals surface area contributed by atoms with Crippen LogP contribution in [0.5, 0.6) is 0 Å². The molecular weight excluding hydrogens is 446 g/mol. The third kappa shape index (κ3) is 2.72. The van der Waals surface area contributed by atoms with E-state index in [9.17, 15) is 34.5 Å². The van der Waals surface area contributed by atoms with Crippen molar-refractivity contribution in [2.45, 2.75) is 0 Å². The molecular formula is C24H12NO7S-. The Morgan fingerprint density at radius 2 is 0.818 bits per heavy atom. The van der Waals surface area contributed by atoms with Crippen molar-refractivity contribution in [3.63, 3.8) is 0 Å². The van der Waals surface area contributed by atoms with Gasteiger partial charge in [-0.2, -0.15) is 0 Å². The predicted molar refractivity (Wildman–Crippen MR) is 123 cm³/mol. The van der Waals surface area contributed by atoms with E-state index < -0.39 is 23.8 Å². The van der Waals surface area contributed by atoms with E-state index in [0.717, 1.165) is 0 Å². The number of carbonyl (C=O) groups excluding carboxylic acids is 1. The van der Waals surface area contributed by atoms with Crippen molar-refractivity contribution in [2.75, 3.05) is 0 Å². The van der Waals surface area contributed by atoms with Gasteiger partial charge in [0.1, 0.15) is 0 Å². The van der Waals surface area contributed by atoms with Crippen LogP contribution in [0.4, 0.5) is 0 Å². The second-order valence-corrected chi connectivity index (χ2v) is 7.69. The molecule has 0 aliphatic heterocycles. The number of aromatic carboxylic acids is 3. The van der Waals surface area contributed by atoms with E-state index in [4.69, 9.17) is 0 Å². The lowest BCUT2D eigenvalue weighted by Crippen LogP contribution is -2.17. The van der Waals surface area contributed by atoms with Crippen molar-refractivity contribution in [2.24, 2.45) is 0 Å². The summed E-state index contributed by atoms with van der Waals surface area (Å²) < 4.78 is 2.11. The molecule has 0 radical (unpaired) electrons. The number of carbonyl (C=O) groups is 4. The van der Waals surface area contributed by atoms with Crippen LogP contribution in [0.15, 0.2) is 48.5 Å². The summed E-state index contributed by atoms with van der Waals surface area (Å²) >= 11 is 4.67. The number of benzene rings is 5. The van der Waals surface area contributed by atoms with E-state index in [-0.39, 0.29) is 33.0 Å². The van der Waals surface area contributed by atoms with Crippen molar-refractivity contribution in [3.8, 4) is 0 Å². The Labute approximate surface area is 189 Å². The van der Waals surface area contributed by atoms with Gasteiger partial charge in [0.2, 0.25) is 5.91 Å². The average molecular weight is 458 g/mol. The summed E-state index contributed by atoms with van der Waals surface area (Å²) in [5.74, 6) is -4.39. The maximum absolute atomic E-state index is 12.5. The van der Waals surface area contributed by atoms with E-state index in [1.165, 1.54) is 24.3 Å². The fourth-order valence-corrected chi connectivity index (χ4v) is 4.78. The third-order valence-electron chi connectivity index (χ3n) is 5.93. The standard InChI is InChI=1S/C24H12NO7S/c26-21(25-33)13-5-1-9-11-3-7-15(23(29)30)20-16(24(31)32)8-4-12(18(11)20)10-2-6-14(22(27)28)19(13)17(9)10/h1-8H,(H4-,25,26,27,28,29,30,31,32,33)/q-1. The van der Waals surface area contributed by atoms with Crippen LogP contribution in [0.3, 0.4) is 0 Å². The van der Waals surface area contributed by atoms with Crippen LogP contribution in [0.2, 0.25) is 0 Å². The monoisotopic (exact) mass is 458 g/mol. The second-order valence-electron chi connectivity index (χ2n) is 7.49. The van der Waals surface area contributed by atoms with E-state index in [1.54, 1.807) is 24.3 Å². The highest BCUT2D eigenvalue weighted by Gasteiger charge is 2.25. The zero-order chi connectivity index (χ0) is 23.6. The molecule has 0 unspecified atom stereocenters. The first-order valence-electron chi connectivity index (χ1n) is 9.58. The minimum absolute atomic E-state index is 0.0819. The first kappa shape index (κ1) is 20.5. The molecule has 0 bridgehead atoms. The summed E-state index contributed by atoms with van der Waals surface area (Å²) in [4.78, 5) is 48.3. The third-order valence-corrected chi connectivity index (χ3v) is 6.12. The molecule has 0 atom stereocenters. The van der Waals surface area contributed by atoms with E-state index in [1.807, 2.05) is 0 Å². The van der Waals surface area contributed by atoms with E-state index >= 15 is 0 Å². The number of fused-ring (bicyclic) bond motifs is 2. The van der Waals surface area contributed by atoms with Crippen molar-refractivity contribution in [3.05, 3.63) is 70.8 Å². The van der Waals surface area contributed by atoms with Crippen LogP contribution in [0.1, 0.15) is 41.4 Å². The fraction of sp³-hybridized carbons (Fsp3) is 0. The van der Waals surface area contributed by atoms with Gasteiger partial charge in [-0.3, -0.25) is 4.79 Å². The van der Waals surface area contributed by atoms with Crippen molar-refractivity contribution in [1.82, 2.24) is 4.72 Å². The number of hydrogen-bond donors (Lipinski definition) is 4. The minimum Gasteiger partial charge on any atom is -0.667 e. The van der Waals surface area contributed by atoms with E-state index in [0.29, 0.717) is 32.3 Å². The summed E-state index contributed by atoms with van der Waals surface area (Å²) in [7, 11) is 0. The Morgan fingerprint density at radius 1 is 0.515 bits per heavy atom. The smallest absolute Gasteiger partial charge is 0.336 e. The number of nitrogens with one attached hydrogen (secondary N) is 1. The van der Waals surface area contributed by atoms with Gasteiger partial charge in [-0.05, 0) is 56.6 Å². The van der Waals surface area contributed by atoms with Crippen LogP contribution >= 0.6 is 0 Å². The first-order valence-corrected chi connectivity index (χ1v) is 9.99. The summed E-state index contributed by atoms with van der Waals surface area (Å²) in [5.41, 5.74) is -0.311. The molecule has 0 heterocycles. The van der Waals surface area contributed by atoms with Gasteiger partial charge in [0, 0.05) is 16.3 Å². The molecule has 5 aromatic rings. The molecule has 0 saturated carbocycles. The largest absolute Gasteiger partial charge is 0.667 e.